The standard InChI is InChI=1S/C15H23P/c1-8-13-11(4)9-15(6,10(2)3)12(5)14(13)16-7/h1,9-10,12,16H,2-7H3. The van der Waals surface area contributed by atoms with E-state index in [0.29, 0.717) is 11.8 Å². The Morgan fingerprint density at radius 1 is 1.50 bits per heavy atom. The molecule has 0 saturated carbocycles. The van der Waals surface area contributed by atoms with Crippen LogP contribution in [0.3, 0.4) is 0 Å². The summed E-state index contributed by atoms with van der Waals surface area (Å²) in [6, 6.07) is 0. The Morgan fingerprint density at radius 3 is 2.44 bits per heavy atom. The molecule has 0 bridgehead atoms. The first-order valence-corrected chi connectivity index (χ1v) is 7.46. The number of rotatable bonds is 2. The molecule has 1 heteroatoms. The lowest BCUT2D eigenvalue weighted by atomic mass is 9.65. The van der Waals surface area contributed by atoms with Gasteiger partial charge in [-0.25, -0.2) is 0 Å². The molecule has 0 N–H and O–H groups in total. The Balaban J connectivity index is 3.33. The molecule has 88 valence electrons. The van der Waals surface area contributed by atoms with Crippen molar-refractivity contribution >= 4 is 8.58 Å². The van der Waals surface area contributed by atoms with Gasteiger partial charge in [0.15, 0.2) is 0 Å². The van der Waals surface area contributed by atoms with Crippen LogP contribution in [0.15, 0.2) is 22.5 Å². The third-order valence-corrected chi connectivity index (χ3v) is 5.44. The van der Waals surface area contributed by atoms with Gasteiger partial charge in [-0.1, -0.05) is 48.3 Å². The zero-order chi connectivity index (χ0) is 12.5. The van der Waals surface area contributed by atoms with Crippen LogP contribution in [0.4, 0.5) is 0 Å². The van der Waals surface area contributed by atoms with E-state index < -0.39 is 0 Å². The first-order valence-electron chi connectivity index (χ1n) is 5.96. The summed E-state index contributed by atoms with van der Waals surface area (Å²) in [5, 5.41) is 1.48. The predicted octanol–water partition coefficient (Wildman–Crippen LogP) is 4.44. The van der Waals surface area contributed by atoms with Crippen molar-refractivity contribution in [2.24, 2.45) is 17.3 Å². The maximum Gasteiger partial charge on any atom is 0.0305 e. The summed E-state index contributed by atoms with van der Waals surface area (Å²) in [6.45, 7) is 13.7. The van der Waals surface area contributed by atoms with E-state index in [0.717, 1.165) is 14.2 Å². The van der Waals surface area contributed by atoms with Crippen molar-refractivity contribution in [3.8, 4) is 12.3 Å². The van der Waals surface area contributed by atoms with Gasteiger partial charge >= 0.3 is 0 Å². The molecule has 0 saturated heterocycles. The van der Waals surface area contributed by atoms with Crippen molar-refractivity contribution in [1.82, 2.24) is 0 Å². The number of hydrogen-bond acceptors (Lipinski definition) is 0. The Labute approximate surface area is 102 Å². The van der Waals surface area contributed by atoms with E-state index in [1.54, 1.807) is 0 Å². The molecular weight excluding hydrogens is 211 g/mol. The highest BCUT2D eigenvalue weighted by Gasteiger charge is 2.38. The molecule has 0 fully saturated rings. The molecule has 0 aromatic carbocycles. The molecule has 0 amide bonds. The molecular formula is C15H23P. The monoisotopic (exact) mass is 234 g/mol. The van der Waals surface area contributed by atoms with Crippen LogP contribution in [-0.2, 0) is 0 Å². The summed E-state index contributed by atoms with van der Waals surface area (Å²) in [7, 11) is 0.816. The van der Waals surface area contributed by atoms with Gasteiger partial charge in [0, 0.05) is 5.57 Å². The Morgan fingerprint density at radius 2 is 2.06 bits per heavy atom. The first-order chi connectivity index (χ1) is 7.38. The zero-order valence-corrected chi connectivity index (χ0v) is 12.3. The number of terminal acetylenes is 1. The molecule has 1 rings (SSSR count). The SMILES string of the molecule is C#CC1=C(PC)C(C)C(C)(C(C)C)C=C1C. The molecule has 0 nitrogen and oxygen atoms in total. The molecule has 0 aromatic heterocycles. The molecule has 0 aliphatic heterocycles. The molecule has 3 unspecified atom stereocenters. The summed E-state index contributed by atoms with van der Waals surface area (Å²) in [4.78, 5) is 0. The normalized spacial score (nSPS) is 31.1. The molecule has 1 aliphatic carbocycles. The number of hydrogen-bond donors (Lipinski definition) is 0. The van der Waals surface area contributed by atoms with Gasteiger partial charge in [-0.05, 0) is 41.7 Å². The second kappa shape index (κ2) is 4.77. The largest absolute Gasteiger partial charge is 0.115 e. The van der Waals surface area contributed by atoms with Gasteiger partial charge in [0.2, 0.25) is 0 Å². The van der Waals surface area contributed by atoms with E-state index in [-0.39, 0.29) is 5.41 Å². The van der Waals surface area contributed by atoms with Crippen molar-refractivity contribution in [2.75, 3.05) is 6.66 Å². The first kappa shape index (κ1) is 13.5. The lowest BCUT2D eigenvalue weighted by Crippen LogP contribution is -2.32. The molecule has 16 heavy (non-hydrogen) atoms. The van der Waals surface area contributed by atoms with Gasteiger partial charge in [-0.15, -0.1) is 6.42 Å². The lowest BCUT2D eigenvalue weighted by Gasteiger charge is -2.42. The predicted molar refractivity (Wildman–Crippen MR) is 76.0 cm³/mol. The third-order valence-electron chi connectivity index (χ3n) is 4.21. The van der Waals surface area contributed by atoms with Crippen LogP contribution in [0.5, 0.6) is 0 Å². The van der Waals surface area contributed by atoms with Gasteiger partial charge in [0.1, 0.15) is 0 Å². The Kier molecular flexibility index (Phi) is 4.03. The summed E-state index contributed by atoms with van der Waals surface area (Å²) in [6.07, 6.45) is 8.03. The minimum Gasteiger partial charge on any atom is -0.115 e. The Hall–Kier alpha value is -0.530. The van der Waals surface area contributed by atoms with Crippen molar-refractivity contribution in [3.05, 3.63) is 22.5 Å². The van der Waals surface area contributed by atoms with Crippen LogP contribution in [-0.4, -0.2) is 6.66 Å². The second-order valence-corrected chi connectivity index (χ2v) is 6.29. The van der Waals surface area contributed by atoms with Gasteiger partial charge < -0.3 is 0 Å². The van der Waals surface area contributed by atoms with E-state index in [2.05, 4.69) is 53.3 Å². The van der Waals surface area contributed by atoms with Gasteiger partial charge in [-0.2, -0.15) is 0 Å². The molecule has 0 radical (unpaired) electrons. The summed E-state index contributed by atoms with van der Waals surface area (Å²) in [5.41, 5.74) is 2.70. The Bertz CT molecular complexity index is 379. The van der Waals surface area contributed by atoms with E-state index in [9.17, 15) is 0 Å². The van der Waals surface area contributed by atoms with E-state index in [1.165, 1.54) is 10.9 Å². The molecule has 1 aliphatic rings. The topological polar surface area (TPSA) is 0 Å². The highest BCUT2D eigenvalue weighted by atomic mass is 31.1. The second-order valence-electron chi connectivity index (χ2n) is 5.25. The van der Waals surface area contributed by atoms with Crippen LogP contribution in [0.2, 0.25) is 0 Å². The van der Waals surface area contributed by atoms with Crippen LogP contribution in [0.25, 0.3) is 0 Å². The van der Waals surface area contributed by atoms with Gasteiger partial charge in [-0.3, -0.25) is 0 Å². The van der Waals surface area contributed by atoms with Crippen molar-refractivity contribution in [1.29, 1.82) is 0 Å². The van der Waals surface area contributed by atoms with Crippen molar-refractivity contribution in [2.45, 2.75) is 34.6 Å². The highest BCUT2D eigenvalue weighted by Crippen LogP contribution is 2.51. The van der Waals surface area contributed by atoms with Crippen LogP contribution < -0.4 is 0 Å². The van der Waals surface area contributed by atoms with Crippen LogP contribution in [0, 0.1) is 29.6 Å². The fourth-order valence-electron chi connectivity index (χ4n) is 2.60. The van der Waals surface area contributed by atoms with Gasteiger partial charge in [0.25, 0.3) is 0 Å². The number of allylic oxidation sites excluding steroid dienone is 4. The fourth-order valence-corrected chi connectivity index (χ4v) is 3.87. The van der Waals surface area contributed by atoms with E-state index >= 15 is 0 Å². The maximum absolute atomic E-state index is 5.64. The van der Waals surface area contributed by atoms with Crippen molar-refractivity contribution < 1.29 is 0 Å². The van der Waals surface area contributed by atoms with Gasteiger partial charge in [0.05, 0.1) is 0 Å². The average Bonchev–Trinajstić information content (AvgIpc) is 2.22. The summed E-state index contributed by atoms with van der Waals surface area (Å²) < 4.78 is 0. The quantitative estimate of drug-likeness (QED) is 0.489. The minimum absolute atomic E-state index is 0.253. The summed E-state index contributed by atoms with van der Waals surface area (Å²) >= 11 is 0. The van der Waals surface area contributed by atoms with Crippen molar-refractivity contribution in [3.63, 3.8) is 0 Å². The molecule has 3 atom stereocenters. The van der Waals surface area contributed by atoms with E-state index in [1.807, 2.05) is 0 Å². The lowest BCUT2D eigenvalue weighted by molar-refractivity contribution is 0.220. The van der Waals surface area contributed by atoms with Crippen LogP contribution >= 0.6 is 8.58 Å². The average molecular weight is 234 g/mol. The summed E-state index contributed by atoms with van der Waals surface area (Å²) in [5.74, 6) is 4.08. The van der Waals surface area contributed by atoms with E-state index in [4.69, 9.17) is 6.42 Å². The smallest absolute Gasteiger partial charge is 0.0305 e. The molecule has 0 heterocycles. The zero-order valence-electron chi connectivity index (χ0n) is 11.3. The maximum atomic E-state index is 5.64. The highest BCUT2D eigenvalue weighted by molar-refractivity contribution is 7.42. The fraction of sp³-hybridized carbons (Fsp3) is 0.600. The molecule has 0 aromatic rings. The van der Waals surface area contributed by atoms with Crippen LogP contribution in [0.1, 0.15) is 34.6 Å². The third kappa shape index (κ3) is 1.99. The minimum atomic E-state index is 0.253. The molecule has 0 spiro atoms.